The molecular formula is C18H20N4O2. The highest BCUT2D eigenvalue weighted by Gasteiger charge is 2.41. The minimum atomic E-state index is -0.413. The monoisotopic (exact) mass is 324 g/mol. The molecule has 2 atom stereocenters. The average molecular weight is 324 g/mol. The highest BCUT2D eigenvalue weighted by Crippen LogP contribution is 2.21. The average Bonchev–Trinajstić information content (AvgIpc) is 2.60. The van der Waals surface area contributed by atoms with Crippen LogP contribution in [-0.2, 0) is 16.1 Å². The SMILES string of the molecule is C[C@H]1NC(=O)[C@H]2CN(Cc3cccc4ncccc34)CCN2C1=O. The van der Waals surface area contributed by atoms with E-state index in [2.05, 4.69) is 27.3 Å². The van der Waals surface area contributed by atoms with Crippen LogP contribution in [0.5, 0.6) is 0 Å². The molecule has 0 radical (unpaired) electrons. The fraction of sp³-hybridized carbons (Fsp3) is 0.389. The quantitative estimate of drug-likeness (QED) is 0.886. The molecule has 1 aromatic carbocycles. The molecule has 0 aliphatic carbocycles. The number of pyridine rings is 1. The summed E-state index contributed by atoms with van der Waals surface area (Å²) in [4.78, 5) is 32.8. The Labute approximate surface area is 140 Å². The second-order valence-corrected chi connectivity index (χ2v) is 6.50. The first-order valence-electron chi connectivity index (χ1n) is 8.29. The van der Waals surface area contributed by atoms with Crippen molar-refractivity contribution in [1.29, 1.82) is 0 Å². The molecule has 3 heterocycles. The topological polar surface area (TPSA) is 65.5 Å². The maximum atomic E-state index is 12.3. The molecule has 1 aromatic heterocycles. The molecule has 2 aromatic rings. The van der Waals surface area contributed by atoms with Gasteiger partial charge in [0.2, 0.25) is 11.8 Å². The van der Waals surface area contributed by atoms with Gasteiger partial charge in [0.25, 0.3) is 0 Å². The smallest absolute Gasteiger partial charge is 0.245 e. The van der Waals surface area contributed by atoms with Crippen molar-refractivity contribution in [2.24, 2.45) is 0 Å². The van der Waals surface area contributed by atoms with E-state index in [-0.39, 0.29) is 17.9 Å². The Morgan fingerprint density at radius 2 is 2.08 bits per heavy atom. The Morgan fingerprint density at radius 1 is 1.21 bits per heavy atom. The van der Waals surface area contributed by atoms with Gasteiger partial charge in [-0.15, -0.1) is 0 Å². The number of piperazine rings is 2. The highest BCUT2D eigenvalue weighted by atomic mass is 16.2. The van der Waals surface area contributed by atoms with Crippen LogP contribution >= 0.6 is 0 Å². The zero-order chi connectivity index (χ0) is 16.7. The minimum Gasteiger partial charge on any atom is -0.343 e. The summed E-state index contributed by atoms with van der Waals surface area (Å²) in [5.74, 6) is -0.0278. The van der Waals surface area contributed by atoms with Gasteiger partial charge in [-0.25, -0.2) is 0 Å². The Morgan fingerprint density at radius 3 is 2.96 bits per heavy atom. The van der Waals surface area contributed by atoms with Crippen LogP contribution in [0.15, 0.2) is 36.5 Å². The molecule has 6 nitrogen and oxygen atoms in total. The number of carbonyl (C=O) groups excluding carboxylic acids is 2. The third-order valence-corrected chi connectivity index (χ3v) is 4.91. The molecule has 0 spiro atoms. The van der Waals surface area contributed by atoms with E-state index in [4.69, 9.17) is 0 Å². The lowest BCUT2D eigenvalue weighted by Crippen LogP contribution is -2.68. The van der Waals surface area contributed by atoms with E-state index >= 15 is 0 Å². The lowest BCUT2D eigenvalue weighted by Gasteiger charge is -2.44. The Kier molecular flexibility index (Phi) is 3.69. The van der Waals surface area contributed by atoms with Crippen LogP contribution in [0, 0.1) is 0 Å². The summed E-state index contributed by atoms with van der Waals surface area (Å²) >= 11 is 0. The Balaban J connectivity index is 1.54. The van der Waals surface area contributed by atoms with E-state index in [1.807, 2.05) is 18.2 Å². The zero-order valence-corrected chi connectivity index (χ0v) is 13.6. The van der Waals surface area contributed by atoms with Gasteiger partial charge >= 0.3 is 0 Å². The molecule has 0 unspecified atom stereocenters. The molecule has 124 valence electrons. The van der Waals surface area contributed by atoms with Gasteiger partial charge in [0.1, 0.15) is 12.1 Å². The van der Waals surface area contributed by atoms with Crippen molar-refractivity contribution in [2.75, 3.05) is 19.6 Å². The molecule has 6 heteroatoms. The summed E-state index contributed by atoms with van der Waals surface area (Å²) in [6.45, 7) is 4.44. The summed E-state index contributed by atoms with van der Waals surface area (Å²) in [6.07, 6.45) is 1.80. The van der Waals surface area contributed by atoms with Crippen LogP contribution in [0.1, 0.15) is 12.5 Å². The van der Waals surface area contributed by atoms with Gasteiger partial charge in [0.15, 0.2) is 0 Å². The van der Waals surface area contributed by atoms with E-state index in [0.717, 1.165) is 24.0 Å². The van der Waals surface area contributed by atoms with Gasteiger partial charge in [0.05, 0.1) is 5.52 Å². The summed E-state index contributed by atoms with van der Waals surface area (Å²) < 4.78 is 0. The predicted octanol–water partition coefficient (Wildman–Crippen LogP) is 0.766. The number of rotatable bonds is 2. The third-order valence-electron chi connectivity index (χ3n) is 4.91. The maximum Gasteiger partial charge on any atom is 0.245 e. The predicted molar refractivity (Wildman–Crippen MR) is 90.1 cm³/mol. The van der Waals surface area contributed by atoms with Crippen molar-refractivity contribution >= 4 is 22.7 Å². The van der Waals surface area contributed by atoms with Gasteiger partial charge in [-0.1, -0.05) is 18.2 Å². The molecule has 1 N–H and O–H groups in total. The molecule has 4 rings (SSSR count). The lowest BCUT2D eigenvalue weighted by atomic mass is 10.0. The van der Waals surface area contributed by atoms with Crippen LogP contribution in [0.3, 0.4) is 0 Å². The van der Waals surface area contributed by atoms with Crippen LogP contribution in [0.4, 0.5) is 0 Å². The van der Waals surface area contributed by atoms with Crippen LogP contribution in [0.25, 0.3) is 10.9 Å². The van der Waals surface area contributed by atoms with Gasteiger partial charge in [-0.3, -0.25) is 19.5 Å². The van der Waals surface area contributed by atoms with E-state index in [0.29, 0.717) is 13.1 Å². The van der Waals surface area contributed by atoms with Gasteiger partial charge < -0.3 is 10.2 Å². The highest BCUT2D eigenvalue weighted by molar-refractivity contribution is 5.97. The zero-order valence-electron chi connectivity index (χ0n) is 13.6. The first-order valence-corrected chi connectivity index (χ1v) is 8.29. The molecule has 0 saturated carbocycles. The number of fused-ring (bicyclic) bond motifs is 2. The van der Waals surface area contributed by atoms with Gasteiger partial charge in [0, 0.05) is 37.8 Å². The first kappa shape index (κ1) is 15.1. The number of carbonyl (C=O) groups is 2. The second kappa shape index (κ2) is 5.87. The third kappa shape index (κ3) is 2.53. The Bertz CT molecular complexity index is 801. The second-order valence-electron chi connectivity index (χ2n) is 6.50. The summed E-state index contributed by atoms with van der Waals surface area (Å²) in [6, 6.07) is 9.35. The van der Waals surface area contributed by atoms with E-state index in [9.17, 15) is 9.59 Å². The number of hydrogen-bond donors (Lipinski definition) is 1. The molecule has 2 saturated heterocycles. The molecule has 2 aliphatic rings. The summed E-state index contributed by atoms with van der Waals surface area (Å²) in [7, 11) is 0. The lowest BCUT2D eigenvalue weighted by molar-refractivity contribution is -0.152. The number of amides is 2. The summed E-state index contributed by atoms with van der Waals surface area (Å²) in [5.41, 5.74) is 2.18. The normalized spacial score (nSPS) is 24.8. The van der Waals surface area contributed by atoms with Gasteiger partial charge in [-0.2, -0.15) is 0 Å². The van der Waals surface area contributed by atoms with Crippen molar-refractivity contribution < 1.29 is 9.59 Å². The number of aromatic nitrogens is 1. The maximum absolute atomic E-state index is 12.3. The van der Waals surface area contributed by atoms with Gasteiger partial charge in [-0.05, 0) is 24.6 Å². The van der Waals surface area contributed by atoms with Crippen molar-refractivity contribution in [3.63, 3.8) is 0 Å². The number of nitrogens with one attached hydrogen (secondary N) is 1. The molecule has 2 fully saturated rings. The van der Waals surface area contributed by atoms with Crippen LogP contribution in [0.2, 0.25) is 0 Å². The van der Waals surface area contributed by atoms with Crippen LogP contribution in [-0.4, -0.2) is 58.3 Å². The standard InChI is InChI=1S/C18H20N4O2/c1-12-18(24)22-9-8-21(11-16(22)17(23)20-12)10-13-4-2-6-15-14(13)5-3-7-19-15/h2-7,12,16H,8-11H2,1H3,(H,20,23)/t12-,16-/m1/s1. The van der Waals surface area contributed by atoms with Crippen molar-refractivity contribution in [1.82, 2.24) is 20.1 Å². The summed E-state index contributed by atoms with van der Waals surface area (Å²) in [5, 5.41) is 3.91. The van der Waals surface area contributed by atoms with Crippen molar-refractivity contribution in [3.8, 4) is 0 Å². The first-order chi connectivity index (χ1) is 11.6. The van der Waals surface area contributed by atoms with Crippen molar-refractivity contribution in [3.05, 3.63) is 42.1 Å². The molecule has 24 heavy (non-hydrogen) atoms. The molecule has 2 amide bonds. The largest absolute Gasteiger partial charge is 0.343 e. The Hall–Kier alpha value is -2.47. The fourth-order valence-electron chi connectivity index (χ4n) is 3.64. The number of hydrogen-bond acceptors (Lipinski definition) is 4. The fourth-order valence-corrected chi connectivity index (χ4v) is 3.64. The molecule has 0 bridgehead atoms. The molecular weight excluding hydrogens is 304 g/mol. The van der Waals surface area contributed by atoms with E-state index in [1.54, 1.807) is 18.0 Å². The van der Waals surface area contributed by atoms with E-state index < -0.39 is 6.04 Å². The van der Waals surface area contributed by atoms with E-state index in [1.165, 1.54) is 5.56 Å². The minimum absolute atomic E-state index is 0.0219. The molecule has 2 aliphatic heterocycles. The number of benzene rings is 1. The number of nitrogens with zero attached hydrogens (tertiary/aromatic N) is 3. The van der Waals surface area contributed by atoms with Crippen molar-refractivity contribution in [2.45, 2.75) is 25.6 Å². The van der Waals surface area contributed by atoms with Crippen LogP contribution < -0.4 is 5.32 Å².